The number of hydrogen-bond acceptors (Lipinski definition) is 3. The van der Waals surface area contributed by atoms with Crippen LogP contribution in [0.25, 0.3) is 0 Å². The van der Waals surface area contributed by atoms with Crippen LogP contribution in [0.1, 0.15) is 24.8 Å². The van der Waals surface area contributed by atoms with Gasteiger partial charge in [-0.05, 0) is 37.9 Å². The number of aliphatic hydroxyl groups is 1. The van der Waals surface area contributed by atoms with Crippen molar-refractivity contribution < 1.29 is 9.90 Å². The average molecular weight is 288 g/mol. The monoisotopic (exact) mass is 288 g/mol. The summed E-state index contributed by atoms with van der Waals surface area (Å²) < 4.78 is 0. The van der Waals surface area contributed by atoms with E-state index in [9.17, 15) is 9.90 Å². The molecular formula is C17H24N2O2. The zero-order chi connectivity index (χ0) is 14.7. The van der Waals surface area contributed by atoms with E-state index in [1.807, 2.05) is 23.1 Å². The van der Waals surface area contributed by atoms with Gasteiger partial charge in [0.15, 0.2) is 0 Å². The maximum Gasteiger partial charge on any atom is 0.233 e. The number of nitrogens with zero attached hydrogens (tertiary/aromatic N) is 1. The quantitative estimate of drug-likeness (QED) is 0.877. The van der Waals surface area contributed by atoms with Gasteiger partial charge in [-0.1, -0.05) is 30.3 Å². The molecule has 1 unspecified atom stereocenters. The van der Waals surface area contributed by atoms with Crippen molar-refractivity contribution in [2.75, 3.05) is 32.8 Å². The minimum Gasteiger partial charge on any atom is -0.396 e. The van der Waals surface area contributed by atoms with Crippen LogP contribution in [0.2, 0.25) is 0 Å². The zero-order valence-corrected chi connectivity index (χ0v) is 12.4. The Morgan fingerprint density at radius 2 is 2.00 bits per heavy atom. The van der Waals surface area contributed by atoms with Gasteiger partial charge in [-0.25, -0.2) is 0 Å². The molecule has 2 saturated heterocycles. The minimum absolute atomic E-state index is 0.184. The lowest BCUT2D eigenvalue weighted by Gasteiger charge is -2.39. The molecule has 0 radical (unpaired) electrons. The lowest BCUT2D eigenvalue weighted by Crippen LogP contribution is -2.51. The Morgan fingerprint density at radius 3 is 2.62 bits per heavy atom. The third-order valence-corrected chi connectivity index (χ3v) is 5.02. The number of carbonyl (C=O) groups is 1. The van der Waals surface area contributed by atoms with Gasteiger partial charge in [-0.2, -0.15) is 0 Å². The highest BCUT2D eigenvalue weighted by molar-refractivity contribution is 5.88. The predicted octanol–water partition coefficient (Wildman–Crippen LogP) is 1.15. The van der Waals surface area contributed by atoms with Gasteiger partial charge in [0, 0.05) is 25.6 Å². The Bertz CT molecular complexity index is 483. The van der Waals surface area contributed by atoms with E-state index < -0.39 is 0 Å². The van der Waals surface area contributed by atoms with Crippen LogP contribution in [0.3, 0.4) is 0 Å². The molecule has 3 rings (SSSR count). The highest BCUT2D eigenvalue weighted by atomic mass is 16.3. The molecule has 1 aromatic rings. The molecule has 0 aromatic heterocycles. The second kappa shape index (κ2) is 6.16. The van der Waals surface area contributed by atoms with E-state index in [2.05, 4.69) is 17.4 Å². The number of benzene rings is 1. The normalized spacial score (nSPS) is 25.0. The number of aliphatic hydroxyl groups excluding tert-OH is 1. The van der Waals surface area contributed by atoms with Crippen LogP contribution in [-0.4, -0.2) is 48.7 Å². The van der Waals surface area contributed by atoms with Crippen molar-refractivity contribution in [3.63, 3.8) is 0 Å². The predicted molar refractivity (Wildman–Crippen MR) is 82.0 cm³/mol. The number of nitrogens with one attached hydrogen (secondary N) is 1. The molecule has 1 aromatic carbocycles. The van der Waals surface area contributed by atoms with Gasteiger partial charge in [0.25, 0.3) is 0 Å². The zero-order valence-electron chi connectivity index (χ0n) is 12.4. The van der Waals surface area contributed by atoms with Crippen molar-refractivity contribution in [2.24, 2.45) is 5.92 Å². The van der Waals surface area contributed by atoms with E-state index >= 15 is 0 Å². The summed E-state index contributed by atoms with van der Waals surface area (Å²) >= 11 is 0. The first-order valence-electron chi connectivity index (χ1n) is 7.93. The van der Waals surface area contributed by atoms with Crippen molar-refractivity contribution in [2.45, 2.75) is 24.7 Å². The molecule has 21 heavy (non-hydrogen) atoms. The van der Waals surface area contributed by atoms with Crippen molar-refractivity contribution in [1.29, 1.82) is 0 Å². The molecule has 4 nitrogen and oxygen atoms in total. The number of likely N-dealkylation sites (tertiary alicyclic amines) is 1. The van der Waals surface area contributed by atoms with Crippen molar-refractivity contribution >= 4 is 5.91 Å². The highest BCUT2D eigenvalue weighted by Crippen LogP contribution is 2.36. The fourth-order valence-electron chi connectivity index (χ4n) is 3.71. The SMILES string of the molecule is O=C(N1CCC(CO)C1)C1(c2ccccc2)CCNCC1. The summed E-state index contributed by atoms with van der Waals surface area (Å²) in [5, 5.41) is 12.7. The Labute approximate surface area is 126 Å². The van der Waals surface area contributed by atoms with Crippen molar-refractivity contribution in [1.82, 2.24) is 10.2 Å². The number of carbonyl (C=O) groups excluding carboxylic acids is 1. The largest absolute Gasteiger partial charge is 0.396 e. The van der Waals surface area contributed by atoms with Crippen LogP contribution in [-0.2, 0) is 10.2 Å². The smallest absolute Gasteiger partial charge is 0.233 e. The number of piperidine rings is 1. The van der Waals surface area contributed by atoms with Gasteiger partial charge in [0.05, 0.1) is 5.41 Å². The summed E-state index contributed by atoms with van der Waals surface area (Å²) in [4.78, 5) is 15.2. The molecule has 2 N–H and O–H groups in total. The average Bonchev–Trinajstić information content (AvgIpc) is 3.04. The Morgan fingerprint density at radius 1 is 1.29 bits per heavy atom. The molecule has 2 aliphatic heterocycles. The fraction of sp³-hybridized carbons (Fsp3) is 0.588. The molecule has 1 atom stereocenters. The molecule has 0 bridgehead atoms. The molecule has 2 aliphatic rings. The van der Waals surface area contributed by atoms with Crippen LogP contribution in [0.15, 0.2) is 30.3 Å². The Balaban J connectivity index is 1.87. The maximum absolute atomic E-state index is 13.2. The van der Waals surface area contributed by atoms with Crippen LogP contribution in [0.4, 0.5) is 0 Å². The maximum atomic E-state index is 13.2. The van der Waals surface area contributed by atoms with Gasteiger partial charge in [0.2, 0.25) is 5.91 Å². The van der Waals surface area contributed by atoms with Gasteiger partial charge in [-0.15, -0.1) is 0 Å². The first-order valence-corrected chi connectivity index (χ1v) is 7.93. The second-order valence-corrected chi connectivity index (χ2v) is 6.29. The molecule has 1 amide bonds. The number of hydrogen-bond donors (Lipinski definition) is 2. The molecule has 4 heteroatoms. The van der Waals surface area contributed by atoms with E-state index in [4.69, 9.17) is 0 Å². The van der Waals surface area contributed by atoms with E-state index in [1.54, 1.807) is 0 Å². The summed E-state index contributed by atoms with van der Waals surface area (Å²) in [6.07, 6.45) is 2.64. The lowest BCUT2D eigenvalue weighted by atomic mass is 9.72. The summed E-state index contributed by atoms with van der Waals surface area (Å²) in [5.74, 6) is 0.509. The molecule has 114 valence electrons. The Kier molecular flexibility index (Phi) is 4.27. The van der Waals surface area contributed by atoms with Gasteiger partial charge in [-0.3, -0.25) is 4.79 Å². The van der Waals surface area contributed by atoms with Crippen LogP contribution in [0.5, 0.6) is 0 Å². The van der Waals surface area contributed by atoms with Crippen molar-refractivity contribution in [3.8, 4) is 0 Å². The van der Waals surface area contributed by atoms with Crippen LogP contribution in [0, 0.1) is 5.92 Å². The molecule has 2 heterocycles. The first-order chi connectivity index (χ1) is 10.3. The van der Waals surface area contributed by atoms with Gasteiger partial charge >= 0.3 is 0 Å². The van der Waals surface area contributed by atoms with E-state index in [-0.39, 0.29) is 23.8 Å². The minimum atomic E-state index is -0.378. The number of amides is 1. The summed E-state index contributed by atoms with van der Waals surface area (Å²) in [6, 6.07) is 10.2. The van der Waals surface area contributed by atoms with Crippen LogP contribution >= 0.6 is 0 Å². The molecule has 0 aliphatic carbocycles. The van der Waals surface area contributed by atoms with Gasteiger partial charge < -0.3 is 15.3 Å². The van der Waals surface area contributed by atoms with Gasteiger partial charge in [0.1, 0.15) is 0 Å². The van der Waals surface area contributed by atoms with Crippen molar-refractivity contribution in [3.05, 3.63) is 35.9 Å². The molecule has 2 fully saturated rings. The Hall–Kier alpha value is -1.39. The molecule has 0 spiro atoms. The standard InChI is InChI=1S/C17H24N2O2/c20-13-14-6-11-19(12-14)16(21)17(7-9-18-10-8-17)15-4-2-1-3-5-15/h1-5,14,18,20H,6-13H2. The van der Waals surface area contributed by atoms with E-state index in [0.717, 1.165) is 44.5 Å². The van der Waals surface area contributed by atoms with E-state index in [1.165, 1.54) is 0 Å². The third-order valence-electron chi connectivity index (χ3n) is 5.02. The lowest BCUT2D eigenvalue weighted by molar-refractivity contribution is -0.137. The summed E-state index contributed by atoms with van der Waals surface area (Å²) in [6.45, 7) is 3.45. The summed E-state index contributed by atoms with van der Waals surface area (Å²) in [5.41, 5.74) is 0.764. The second-order valence-electron chi connectivity index (χ2n) is 6.29. The van der Waals surface area contributed by atoms with E-state index in [0.29, 0.717) is 6.54 Å². The highest BCUT2D eigenvalue weighted by Gasteiger charge is 2.44. The molecule has 0 saturated carbocycles. The van der Waals surface area contributed by atoms with Crippen LogP contribution < -0.4 is 5.32 Å². The topological polar surface area (TPSA) is 52.6 Å². The number of rotatable bonds is 3. The molecular weight excluding hydrogens is 264 g/mol. The first kappa shape index (κ1) is 14.5. The third kappa shape index (κ3) is 2.70. The summed E-state index contributed by atoms with van der Waals surface area (Å²) in [7, 11) is 0. The fourth-order valence-corrected chi connectivity index (χ4v) is 3.71.